The molecule has 1 aliphatic heterocycles. The summed E-state index contributed by atoms with van der Waals surface area (Å²) in [4.78, 5) is 5.11. The van der Waals surface area contributed by atoms with Crippen molar-refractivity contribution in [1.82, 2.24) is 0 Å². The number of rotatable bonds is 3. The Morgan fingerprint density at radius 1 is 1.25 bits per heavy atom. The number of aliphatic hydroxyl groups excluding tert-OH is 2. The number of azide groups is 2. The number of hydrogen-bond acceptors (Lipinski definition) is 5. The van der Waals surface area contributed by atoms with Gasteiger partial charge < -0.3 is 14.9 Å². The van der Waals surface area contributed by atoms with Crippen molar-refractivity contribution in [2.75, 3.05) is 6.54 Å². The summed E-state index contributed by atoms with van der Waals surface area (Å²) in [6.45, 7) is 1.53. The van der Waals surface area contributed by atoms with Crippen LogP contribution in [0.4, 0.5) is 0 Å². The van der Waals surface area contributed by atoms with Crippen LogP contribution >= 0.6 is 0 Å². The standard InChI is InChI=1S/C7H12N6O3/c1-3-5(11-13-9)7(15)6(14)4(16-3)2-10-12-8/h3-7,14-15H,2H2,1H3. The van der Waals surface area contributed by atoms with Crippen molar-refractivity contribution in [2.24, 2.45) is 10.2 Å². The molecule has 0 aliphatic carbocycles. The Morgan fingerprint density at radius 3 is 2.50 bits per heavy atom. The van der Waals surface area contributed by atoms with Gasteiger partial charge in [-0.15, -0.1) is 0 Å². The van der Waals surface area contributed by atoms with Gasteiger partial charge in [-0.2, -0.15) is 0 Å². The molecule has 9 heteroatoms. The fourth-order valence-electron chi connectivity index (χ4n) is 1.63. The third-order valence-corrected chi connectivity index (χ3v) is 2.46. The lowest BCUT2D eigenvalue weighted by atomic mass is 9.94. The number of aliphatic hydroxyl groups is 2. The Balaban J connectivity index is 2.77. The second-order valence-electron chi connectivity index (χ2n) is 3.47. The van der Waals surface area contributed by atoms with Crippen LogP contribution in [0.1, 0.15) is 6.92 Å². The van der Waals surface area contributed by atoms with E-state index in [1.54, 1.807) is 6.92 Å². The van der Waals surface area contributed by atoms with E-state index in [9.17, 15) is 10.2 Å². The average molecular weight is 228 g/mol. The largest absolute Gasteiger partial charge is 0.390 e. The third-order valence-electron chi connectivity index (χ3n) is 2.46. The van der Waals surface area contributed by atoms with Gasteiger partial charge in [-0.3, -0.25) is 0 Å². The summed E-state index contributed by atoms with van der Waals surface area (Å²) in [6.07, 6.45) is -3.80. The lowest BCUT2D eigenvalue weighted by Crippen LogP contribution is -2.56. The fraction of sp³-hybridized carbons (Fsp3) is 1.00. The highest BCUT2D eigenvalue weighted by atomic mass is 16.5. The van der Waals surface area contributed by atoms with Gasteiger partial charge in [0, 0.05) is 9.82 Å². The highest BCUT2D eigenvalue weighted by Gasteiger charge is 2.41. The van der Waals surface area contributed by atoms with Gasteiger partial charge in [-0.05, 0) is 18.0 Å². The van der Waals surface area contributed by atoms with Crippen LogP contribution in [0.15, 0.2) is 10.2 Å². The lowest BCUT2D eigenvalue weighted by molar-refractivity contribution is -0.169. The molecule has 1 rings (SSSR count). The van der Waals surface area contributed by atoms with E-state index in [1.165, 1.54) is 0 Å². The van der Waals surface area contributed by atoms with Gasteiger partial charge in [0.05, 0.1) is 30.9 Å². The maximum Gasteiger partial charge on any atom is 0.107 e. The molecule has 88 valence electrons. The molecule has 0 radical (unpaired) electrons. The Kier molecular flexibility index (Phi) is 4.36. The van der Waals surface area contributed by atoms with E-state index < -0.39 is 30.5 Å². The summed E-state index contributed by atoms with van der Waals surface area (Å²) in [6, 6.07) is -0.845. The highest BCUT2D eigenvalue weighted by molar-refractivity contribution is 4.95. The van der Waals surface area contributed by atoms with Crippen LogP contribution in [0, 0.1) is 0 Å². The van der Waals surface area contributed by atoms with Crippen LogP contribution in [0.2, 0.25) is 0 Å². The molecule has 0 spiro atoms. The molecule has 5 unspecified atom stereocenters. The first-order valence-electron chi connectivity index (χ1n) is 4.68. The summed E-state index contributed by atoms with van der Waals surface area (Å²) in [7, 11) is 0. The molecule has 16 heavy (non-hydrogen) atoms. The Morgan fingerprint density at radius 2 is 1.94 bits per heavy atom. The van der Waals surface area contributed by atoms with Gasteiger partial charge in [-0.1, -0.05) is 10.2 Å². The molecule has 0 aromatic rings. The lowest BCUT2D eigenvalue weighted by Gasteiger charge is -2.39. The normalized spacial score (nSPS) is 38.3. The van der Waals surface area contributed by atoms with Crippen molar-refractivity contribution < 1.29 is 14.9 Å². The average Bonchev–Trinajstić information content (AvgIpc) is 2.27. The number of ether oxygens (including phenoxy) is 1. The molecule has 0 saturated carbocycles. The molecular formula is C7H12N6O3. The fourth-order valence-corrected chi connectivity index (χ4v) is 1.63. The second-order valence-corrected chi connectivity index (χ2v) is 3.47. The number of hydrogen-bond donors (Lipinski definition) is 2. The summed E-state index contributed by atoms with van der Waals surface area (Å²) in [5.74, 6) is 0. The molecule has 5 atom stereocenters. The Hall–Kier alpha value is -1.50. The quantitative estimate of drug-likeness (QED) is 0.411. The van der Waals surface area contributed by atoms with Crippen LogP contribution in [-0.4, -0.2) is 47.2 Å². The first-order chi connectivity index (χ1) is 7.61. The van der Waals surface area contributed by atoms with E-state index in [0.717, 1.165) is 0 Å². The van der Waals surface area contributed by atoms with Gasteiger partial charge in [0.15, 0.2) is 0 Å². The van der Waals surface area contributed by atoms with Crippen molar-refractivity contribution in [1.29, 1.82) is 0 Å². The van der Waals surface area contributed by atoms with Crippen molar-refractivity contribution in [3.05, 3.63) is 20.9 Å². The van der Waals surface area contributed by atoms with Gasteiger partial charge in [-0.25, -0.2) is 0 Å². The van der Waals surface area contributed by atoms with Crippen molar-refractivity contribution >= 4 is 0 Å². The maximum atomic E-state index is 9.68. The monoisotopic (exact) mass is 228 g/mol. The van der Waals surface area contributed by atoms with Crippen LogP contribution in [0.25, 0.3) is 20.9 Å². The molecule has 2 N–H and O–H groups in total. The van der Waals surface area contributed by atoms with E-state index in [-0.39, 0.29) is 6.54 Å². The van der Waals surface area contributed by atoms with Gasteiger partial charge in [0.1, 0.15) is 6.10 Å². The van der Waals surface area contributed by atoms with Gasteiger partial charge in [0.25, 0.3) is 0 Å². The zero-order valence-corrected chi connectivity index (χ0v) is 8.58. The molecule has 0 bridgehead atoms. The molecule has 9 nitrogen and oxygen atoms in total. The zero-order valence-electron chi connectivity index (χ0n) is 8.58. The summed E-state index contributed by atoms with van der Waals surface area (Å²) in [5.41, 5.74) is 16.4. The minimum Gasteiger partial charge on any atom is -0.390 e. The molecular weight excluding hydrogens is 216 g/mol. The molecule has 1 fully saturated rings. The molecule has 0 aromatic heterocycles. The third kappa shape index (κ3) is 2.54. The minimum absolute atomic E-state index is 0.0813. The van der Waals surface area contributed by atoms with Crippen LogP contribution in [0.5, 0.6) is 0 Å². The van der Waals surface area contributed by atoms with Gasteiger partial charge in [0.2, 0.25) is 0 Å². The van der Waals surface area contributed by atoms with E-state index in [4.69, 9.17) is 15.8 Å². The Labute approximate surface area is 90.9 Å². The first kappa shape index (κ1) is 12.6. The van der Waals surface area contributed by atoms with Crippen LogP contribution in [-0.2, 0) is 4.74 Å². The SMILES string of the molecule is CC1OC(CN=[N+]=[N-])C(O)C(O)C1N=[N+]=[N-]. The molecule has 1 heterocycles. The summed E-state index contributed by atoms with van der Waals surface area (Å²) < 4.78 is 5.30. The van der Waals surface area contributed by atoms with E-state index >= 15 is 0 Å². The predicted octanol–water partition coefficient (Wildman–Crippen LogP) is 0.485. The highest BCUT2D eigenvalue weighted by Crippen LogP contribution is 2.23. The zero-order chi connectivity index (χ0) is 12.1. The van der Waals surface area contributed by atoms with Crippen LogP contribution < -0.4 is 0 Å². The first-order valence-corrected chi connectivity index (χ1v) is 4.68. The van der Waals surface area contributed by atoms with Crippen molar-refractivity contribution in [2.45, 2.75) is 37.4 Å². The molecule has 0 aromatic carbocycles. The predicted molar refractivity (Wildman–Crippen MR) is 53.3 cm³/mol. The summed E-state index contributed by atoms with van der Waals surface area (Å²) >= 11 is 0. The smallest absolute Gasteiger partial charge is 0.107 e. The molecule has 1 aliphatic rings. The summed E-state index contributed by atoms with van der Waals surface area (Å²) in [5, 5.41) is 25.9. The van der Waals surface area contributed by atoms with Crippen molar-refractivity contribution in [3.8, 4) is 0 Å². The van der Waals surface area contributed by atoms with Gasteiger partial charge >= 0.3 is 0 Å². The van der Waals surface area contributed by atoms with E-state index in [2.05, 4.69) is 20.1 Å². The topological polar surface area (TPSA) is 147 Å². The molecule has 1 saturated heterocycles. The van der Waals surface area contributed by atoms with E-state index in [1.807, 2.05) is 0 Å². The minimum atomic E-state index is -1.24. The Bertz CT molecular complexity index is 335. The second kappa shape index (κ2) is 5.55. The van der Waals surface area contributed by atoms with Crippen LogP contribution in [0.3, 0.4) is 0 Å². The molecule has 0 amide bonds. The van der Waals surface area contributed by atoms with E-state index in [0.29, 0.717) is 0 Å². The number of nitrogens with zero attached hydrogens (tertiary/aromatic N) is 6. The van der Waals surface area contributed by atoms with Crippen molar-refractivity contribution in [3.63, 3.8) is 0 Å². The maximum absolute atomic E-state index is 9.68.